The summed E-state index contributed by atoms with van der Waals surface area (Å²) < 4.78 is 18.4. The van der Waals surface area contributed by atoms with Gasteiger partial charge in [0.15, 0.2) is 5.69 Å². The Labute approximate surface area is 165 Å². The number of amides is 2. The van der Waals surface area contributed by atoms with E-state index in [1.54, 1.807) is 0 Å². The van der Waals surface area contributed by atoms with E-state index in [-0.39, 0.29) is 22.3 Å². The summed E-state index contributed by atoms with van der Waals surface area (Å²) in [7, 11) is 0. The van der Waals surface area contributed by atoms with E-state index in [2.05, 4.69) is 14.9 Å². The van der Waals surface area contributed by atoms with Gasteiger partial charge in [-0.2, -0.15) is 0 Å². The van der Waals surface area contributed by atoms with Gasteiger partial charge >= 0.3 is 0 Å². The minimum Gasteiger partial charge on any atom is -0.349 e. The first-order chi connectivity index (χ1) is 12.7. The van der Waals surface area contributed by atoms with E-state index in [1.165, 1.54) is 28.5 Å². The quantitative estimate of drug-likeness (QED) is 0.817. The second-order valence-corrected chi connectivity index (χ2v) is 8.53. The molecule has 1 atom stereocenters. The zero-order valence-electron chi connectivity index (χ0n) is 15.2. The van der Waals surface area contributed by atoms with Crippen molar-refractivity contribution in [1.82, 2.24) is 19.8 Å². The molecule has 1 aromatic heterocycles. The van der Waals surface area contributed by atoms with Crippen LogP contribution >= 0.6 is 23.1 Å². The fourth-order valence-electron chi connectivity index (χ4n) is 2.84. The summed E-state index contributed by atoms with van der Waals surface area (Å²) in [5.74, 6) is -1.58. The molecule has 6 nitrogen and oxygen atoms in total. The maximum Gasteiger partial charge on any atom is 0.276 e. The number of benzene rings is 1. The van der Waals surface area contributed by atoms with E-state index in [1.807, 2.05) is 20.8 Å². The van der Waals surface area contributed by atoms with Crippen molar-refractivity contribution in [3.05, 3.63) is 45.7 Å². The minimum atomic E-state index is -1.19. The lowest BCUT2D eigenvalue weighted by Crippen LogP contribution is -2.50. The third-order valence-electron chi connectivity index (χ3n) is 4.05. The number of halogens is 2. The number of nitrogens with one attached hydrogen (secondary N) is 1. The maximum atomic E-state index is 14.7. The summed E-state index contributed by atoms with van der Waals surface area (Å²) in [6, 6.07) is 2.84. The first-order valence-corrected chi connectivity index (χ1v) is 9.76. The van der Waals surface area contributed by atoms with Crippen molar-refractivity contribution in [2.24, 2.45) is 0 Å². The molecule has 1 aromatic carbocycles. The summed E-state index contributed by atoms with van der Waals surface area (Å²) in [6.07, 6.45) is 1.46. The summed E-state index contributed by atoms with van der Waals surface area (Å²) in [5.41, 5.74) is -0.440. The highest BCUT2D eigenvalue weighted by Gasteiger charge is 2.44. The van der Waals surface area contributed by atoms with Crippen LogP contribution in [0, 0.1) is 5.82 Å². The van der Waals surface area contributed by atoms with Crippen LogP contribution in [0.2, 0.25) is 5.02 Å². The molecule has 27 heavy (non-hydrogen) atoms. The van der Waals surface area contributed by atoms with Gasteiger partial charge in [0.25, 0.3) is 5.91 Å². The second kappa shape index (κ2) is 7.52. The molecule has 2 aromatic rings. The number of aromatic nitrogens is 2. The third kappa shape index (κ3) is 4.44. The van der Waals surface area contributed by atoms with Gasteiger partial charge in [0.2, 0.25) is 5.91 Å². The minimum absolute atomic E-state index is 0.00986. The van der Waals surface area contributed by atoms with Gasteiger partial charge in [-0.15, -0.1) is 5.10 Å². The Morgan fingerprint density at radius 2 is 2.07 bits per heavy atom. The topological polar surface area (TPSA) is 75.2 Å². The highest BCUT2D eigenvalue weighted by Crippen LogP contribution is 2.39. The molecular weight excluding hydrogens is 391 g/mol. The lowest BCUT2D eigenvalue weighted by Gasteiger charge is -2.34. The summed E-state index contributed by atoms with van der Waals surface area (Å²) in [5, 5.41) is 8.27. The van der Waals surface area contributed by atoms with Gasteiger partial charge in [-0.3, -0.25) is 9.59 Å². The van der Waals surface area contributed by atoms with Crippen LogP contribution in [0.15, 0.2) is 23.6 Å². The Morgan fingerprint density at radius 1 is 1.37 bits per heavy atom. The molecule has 144 valence electrons. The van der Waals surface area contributed by atoms with Crippen LogP contribution in [0.3, 0.4) is 0 Å². The van der Waals surface area contributed by atoms with E-state index >= 15 is 0 Å². The summed E-state index contributed by atoms with van der Waals surface area (Å²) >= 11 is 7.29. The number of hydrogen-bond acceptors (Lipinski definition) is 5. The van der Waals surface area contributed by atoms with Crippen LogP contribution in [0.4, 0.5) is 4.39 Å². The Bertz CT molecular complexity index is 829. The molecule has 0 radical (unpaired) electrons. The summed E-state index contributed by atoms with van der Waals surface area (Å²) in [4.78, 5) is 27.6. The summed E-state index contributed by atoms with van der Waals surface area (Å²) in [6.45, 7) is 5.45. The maximum absolute atomic E-state index is 14.7. The molecule has 2 amide bonds. The van der Waals surface area contributed by atoms with Crippen molar-refractivity contribution in [1.29, 1.82) is 0 Å². The van der Waals surface area contributed by atoms with Crippen molar-refractivity contribution < 1.29 is 14.0 Å². The molecule has 0 spiro atoms. The zero-order chi connectivity index (χ0) is 19.8. The Hall–Kier alpha value is -2.06. The molecule has 1 heterocycles. The number of carbonyl (C=O) groups is 2. The van der Waals surface area contributed by atoms with Crippen LogP contribution in [-0.2, 0) is 4.79 Å². The normalized spacial score (nSPS) is 15.3. The molecule has 1 saturated carbocycles. The molecule has 9 heteroatoms. The average molecular weight is 411 g/mol. The molecule has 0 aliphatic heterocycles. The van der Waals surface area contributed by atoms with Crippen LogP contribution in [0.5, 0.6) is 0 Å². The largest absolute Gasteiger partial charge is 0.349 e. The molecule has 1 fully saturated rings. The predicted octanol–water partition coefficient (Wildman–Crippen LogP) is 3.59. The average Bonchev–Trinajstić information content (AvgIpc) is 3.24. The van der Waals surface area contributed by atoms with Crippen molar-refractivity contribution in [3.63, 3.8) is 0 Å². The highest BCUT2D eigenvalue weighted by molar-refractivity contribution is 7.03. The van der Waals surface area contributed by atoms with E-state index in [9.17, 15) is 14.0 Å². The van der Waals surface area contributed by atoms with Crippen molar-refractivity contribution in [2.45, 2.75) is 51.2 Å². The smallest absolute Gasteiger partial charge is 0.276 e. The van der Waals surface area contributed by atoms with Gasteiger partial charge in [-0.25, -0.2) is 4.39 Å². The van der Waals surface area contributed by atoms with Crippen LogP contribution < -0.4 is 5.32 Å². The van der Waals surface area contributed by atoms with E-state index in [0.717, 1.165) is 24.4 Å². The van der Waals surface area contributed by atoms with Crippen molar-refractivity contribution >= 4 is 34.9 Å². The molecule has 1 N–H and O–H groups in total. The first kappa shape index (κ1) is 19.7. The Morgan fingerprint density at radius 3 is 2.59 bits per heavy atom. The SMILES string of the molecule is CC(C)(C)NC(=O)[C@@H](c1c(F)cccc1Cl)N(C(=O)c1csnn1)C1CC1. The number of nitrogens with zero attached hydrogens (tertiary/aromatic N) is 3. The fourth-order valence-corrected chi connectivity index (χ4v) is 3.54. The van der Waals surface area contributed by atoms with Crippen LogP contribution in [0.25, 0.3) is 0 Å². The Kier molecular flexibility index (Phi) is 5.48. The molecular formula is C18H20ClFN4O2S. The van der Waals surface area contributed by atoms with E-state index in [4.69, 9.17) is 11.6 Å². The van der Waals surface area contributed by atoms with Gasteiger partial charge in [-0.05, 0) is 57.3 Å². The second-order valence-electron chi connectivity index (χ2n) is 7.51. The van der Waals surface area contributed by atoms with Gasteiger partial charge in [0.1, 0.15) is 11.9 Å². The van der Waals surface area contributed by atoms with Gasteiger partial charge in [-0.1, -0.05) is 22.2 Å². The van der Waals surface area contributed by atoms with Crippen LogP contribution in [0.1, 0.15) is 55.7 Å². The molecule has 1 aliphatic carbocycles. The fraction of sp³-hybridized carbons (Fsp3) is 0.444. The van der Waals surface area contributed by atoms with E-state index in [0.29, 0.717) is 0 Å². The molecule has 3 rings (SSSR count). The van der Waals surface area contributed by atoms with Crippen LogP contribution in [-0.4, -0.2) is 37.9 Å². The van der Waals surface area contributed by atoms with Gasteiger partial charge in [0.05, 0.1) is 0 Å². The lowest BCUT2D eigenvalue weighted by atomic mass is 10.0. The third-order valence-corrected chi connectivity index (χ3v) is 4.89. The van der Waals surface area contributed by atoms with Crippen molar-refractivity contribution in [2.75, 3.05) is 0 Å². The lowest BCUT2D eigenvalue weighted by molar-refractivity contribution is -0.127. The molecule has 0 saturated heterocycles. The van der Waals surface area contributed by atoms with Gasteiger partial charge < -0.3 is 10.2 Å². The molecule has 0 unspecified atom stereocenters. The monoisotopic (exact) mass is 410 g/mol. The number of hydrogen-bond donors (Lipinski definition) is 1. The standard InChI is InChI=1S/C18H20ClFN4O2S/c1-18(2,3)21-16(25)15(14-11(19)5-4-6-12(14)20)24(10-7-8-10)17(26)13-9-27-23-22-13/h4-6,9-10,15H,7-8H2,1-3H3,(H,21,25)/t15-/m1/s1. The van der Waals surface area contributed by atoms with Crippen molar-refractivity contribution in [3.8, 4) is 0 Å². The zero-order valence-corrected chi connectivity index (χ0v) is 16.8. The number of carbonyl (C=O) groups excluding carboxylic acids is 2. The Balaban J connectivity index is 2.10. The van der Waals surface area contributed by atoms with Gasteiger partial charge in [0, 0.05) is 27.5 Å². The molecule has 0 bridgehead atoms. The highest BCUT2D eigenvalue weighted by atomic mass is 35.5. The number of rotatable bonds is 5. The predicted molar refractivity (Wildman–Crippen MR) is 101 cm³/mol. The first-order valence-electron chi connectivity index (χ1n) is 8.54. The van der Waals surface area contributed by atoms with E-state index < -0.39 is 29.2 Å². The molecule has 1 aliphatic rings.